The second kappa shape index (κ2) is 8.56. The van der Waals surface area contributed by atoms with Gasteiger partial charge in [-0.15, -0.1) is 0 Å². The maximum absolute atomic E-state index is 10.6. The number of hydrogen-bond acceptors (Lipinski definition) is 5. The van der Waals surface area contributed by atoms with Crippen LogP contribution in [0.3, 0.4) is 0 Å². The summed E-state index contributed by atoms with van der Waals surface area (Å²) < 4.78 is 45.5. The zero-order chi connectivity index (χ0) is 16.7. The van der Waals surface area contributed by atoms with E-state index in [2.05, 4.69) is 11.1 Å². The molecule has 0 radical (unpaired) electrons. The number of benzene rings is 1. The summed E-state index contributed by atoms with van der Waals surface area (Å²) in [4.78, 5) is 0. The molecule has 1 fully saturated rings. The monoisotopic (exact) mass is 342 g/mol. The molecule has 2 unspecified atom stereocenters. The Kier molecular flexibility index (Phi) is 6.73. The third-order valence-corrected chi connectivity index (χ3v) is 3.86. The van der Waals surface area contributed by atoms with Gasteiger partial charge in [0.1, 0.15) is 6.10 Å². The Morgan fingerprint density at radius 1 is 1.39 bits per heavy atom. The minimum absolute atomic E-state index is 0.221. The van der Waals surface area contributed by atoms with Crippen LogP contribution in [0.1, 0.15) is 31.7 Å². The van der Waals surface area contributed by atoms with Crippen LogP contribution in [-0.2, 0) is 24.1 Å². The topological polar surface area (TPSA) is 82.1 Å². The molecular formula is C16H22O6S. The molecule has 1 heterocycles. The summed E-state index contributed by atoms with van der Waals surface area (Å²) in [6, 6.07) is 9.87. The second-order valence-corrected chi connectivity index (χ2v) is 6.46. The Bertz CT molecular complexity index is 611. The van der Waals surface area contributed by atoms with Crippen LogP contribution < -0.4 is 0 Å². The van der Waals surface area contributed by atoms with E-state index in [1.54, 1.807) is 0 Å². The van der Waals surface area contributed by atoms with Gasteiger partial charge in [-0.3, -0.25) is 4.55 Å². The number of ether oxygens (including phenoxy) is 2. The molecule has 23 heavy (non-hydrogen) atoms. The molecule has 0 amide bonds. The summed E-state index contributed by atoms with van der Waals surface area (Å²) in [5, 5.41) is 0. The molecule has 0 aliphatic carbocycles. The summed E-state index contributed by atoms with van der Waals surface area (Å²) in [5.74, 6) is 0. The maximum Gasteiger partial charge on any atom is 0.397 e. The summed E-state index contributed by atoms with van der Waals surface area (Å²) in [6.45, 7) is 2.07. The quantitative estimate of drug-likeness (QED) is 0.732. The number of rotatable bonds is 8. The Morgan fingerprint density at radius 3 is 2.78 bits per heavy atom. The normalized spacial score (nSPS) is 22.4. The van der Waals surface area contributed by atoms with Crippen LogP contribution in [0.15, 0.2) is 35.9 Å². The average molecular weight is 342 g/mol. The first-order valence-corrected chi connectivity index (χ1v) is 8.99. The van der Waals surface area contributed by atoms with E-state index >= 15 is 0 Å². The molecule has 1 N–H and O–H groups in total. The van der Waals surface area contributed by atoms with Crippen molar-refractivity contribution in [2.24, 2.45) is 0 Å². The van der Waals surface area contributed by atoms with Gasteiger partial charge in [0.15, 0.2) is 6.29 Å². The van der Waals surface area contributed by atoms with E-state index in [0.29, 0.717) is 0 Å². The van der Waals surface area contributed by atoms with Crippen molar-refractivity contribution in [3.8, 4) is 0 Å². The highest BCUT2D eigenvalue weighted by molar-refractivity contribution is 7.80. The Balaban J connectivity index is 2.01. The summed E-state index contributed by atoms with van der Waals surface area (Å²) >= 11 is 0. The smallest absolute Gasteiger partial charge is 0.346 e. The van der Waals surface area contributed by atoms with Crippen molar-refractivity contribution in [1.29, 1.82) is 0 Å². The molecule has 6 nitrogen and oxygen atoms in total. The third-order valence-electron chi connectivity index (χ3n) is 3.43. The molecule has 1 aromatic carbocycles. The van der Waals surface area contributed by atoms with Crippen LogP contribution in [0.5, 0.6) is 0 Å². The van der Waals surface area contributed by atoms with Crippen LogP contribution in [0, 0.1) is 0 Å². The fourth-order valence-corrected chi connectivity index (χ4v) is 2.62. The summed E-state index contributed by atoms with van der Waals surface area (Å²) in [5.41, 5.74) is 2.07. The molecule has 2 rings (SSSR count). The second-order valence-electron chi connectivity index (χ2n) is 5.37. The van der Waals surface area contributed by atoms with E-state index in [0.717, 1.165) is 30.4 Å². The first-order chi connectivity index (χ1) is 11.0. The largest absolute Gasteiger partial charge is 0.397 e. The highest BCUT2D eigenvalue weighted by atomic mass is 32.3. The van der Waals surface area contributed by atoms with Crippen molar-refractivity contribution >= 4 is 16.5 Å². The SMILES string of the molecule is CCCCC(=Cc1ccccc1)C1OCC(COS(=O)(=O)O)O1. The number of unbranched alkanes of at least 4 members (excludes halogenated alkanes) is 1. The molecule has 2 atom stereocenters. The van der Waals surface area contributed by atoms with E-state index in [1.165, 1.54) is 0 Å². The average Bonchev–Trinajstić information content (AvgIpc) is 2.99. The predicted octanol–water partition coefficient (Wildman–Crippen LogP) is 2.82. The predicted molar refractivity (Wildman–Crippen MR) is 86.1 cm³/mol. The van der Waals surface area contributed by atoms with Crippen molar-refractivity contribution in [2.45, 2.75) is 38.6 Å². The lowest BCUT2D eigenvalue weighted by atomic mass is 10.0. The maximum atomic E-state index is 10.6. The van der Waals surface area contributed by atoms with E-state index in [4.69, 9.17) is 14.0 Å². The molecule has 1 saturated heterocycles. The molecular weight excluding hydrogens is 320 g/mol. The minimum Gasteiger partial charge on any atom is -0.346 e. The van der Waals surface area contributed by atoms with Gasteiger partial charge in [0.05, 0.1) is 13.2 Å². The van der Waals surface area contributed by atoms with Crippen molar-refractivity contribution < 1.29 is 26.6 Å². The van der Waals surface area contributed by atoms with Gasteiger partial charge in [-0.1, -0.05) is 49.8 Å². The van der Waals surface area contributed by atoms with Gasteiger partial charge in [0.25, 0.3) is 0 Å². The highest BCUT2D eigenvalue weighted by Crippen LogP contribution is 2.25. The van der Waals surface area contributed by atoms with Gasteiger partial charge in [-0.05, 0) is 24.0 Å². The van der Waals surface area contributed by atoms with Crippen LogP contribution >= 0.6 is 0 Å². The van der Waals surface area contributed by atoms with Gasteiger partial charge >= 0.3 is 10.4 Å². The molecule has 128 valence electrons. The first kappa shape index (κ1) is 18.1. The lowest BCUT2D eigenvalue weighted by molar-refractivity contribution is -0.0375. The Hall–Kier alpha value is -1.25. The van der Waals surface area contributed by atoms with E-state index in [9.17, 15) is 8.42 Å². The molecule has 1 aliphatic rings. The zero-order valence-corrected chi connectivity index (χ0v) is 13.9. The molecule has 7 heteroatoms. The molecule has 0 spiro atoms. The van der Waals surface area contributed by atoms with Gasteiger partial charge in [-0.25, -0.2) is 4.18 Å². The van der Waals surface area contributed by atoms with Gasteiger partial charge in [-0.2, -0.15) is 8.42 Å². The van der Waals surface area contributed by atoms with E-state index < -0.39 is 22.8 Å². The molecule has 1 aromatic rings. The van der Waals surface area contributed by atoms with Crippen LogP contribution in [-0.4, -0.2) is 38.6 Å². The van der Waals surface area contributed by atoms with Gasteiger partial charge in [0.2, 0.25) is 0 Å². The van der Waals surface area contributed by atoms with Crippen LogP contribution in [0.4, 0.5) is 0 Å². The lowest BCUT2D eigenvalue weighted by Crippen LogP contribution is -2.22. The van der Waals surface area contributed by atoms with Gasteiger partial charge in [0, 0.05) is 0 Å². The first-order valence-electron chi connectivity index (χ1n) is 7.62. The fraction of sp³-hybridized carbons (Fsp3) is 0.500. The van der Waals surface area contributed by atoms with Gasteiger partial charge < -0.3 is 9.47 Å². The zero-order valence-electron chi connectivity index (χ0n) is 13.1. The fourth-order valence-electron chi connectivity index (χ4n) is 2.29. The molecule has 0 aromatic heterocycles. The Labute approximate surface area is 137 Å². The van der Waals surface area contributed by atoms with Crippen molar-refractivity contribution in [1.82, 2.24) is 0 Å². The van der Waals surface area contributed by atoms with Crippen LogP contribution in [0.2, 0.25) is 0 Å². The lowest BCUT2D eigenvalue weighted by Gasteiger charge is -2.15. The van der Waals surface area contributed by atoms with E-state index in [1.807, 2.05) is 36.4 Å². The number of hydrogen-bond donors (Lipinski definition) is 1. The Morgan fingerprint density at radius 2 is 2.13 bits per heavy atom. The van der Waals surface area contributed by atoms with E-state index in [-0.39, 0.29) is 13.2 Å². The van der Waals surface area contributed by atoms with Crippen molar-refractivity contribution in [3.63, 3.8) is 0 Å². The standard InChI is InChI=1S/C16H22O6S/c1-2-3-9-14(10-13-7-5-4-6-8-13)16-20-11-15(22-16)12-21-23(17,18)19/h4-8,10,15-16H,2-3,9,11-12H2,1H3,(H,17,18,19). The molecule has 0 saturated carbocycles. The highest BCUT2D eigenvalue weighted by Gasteiger charge is 2.29. The van der Waals surface area contributed by atoms with Crippen LogP contribution in [0.25, 0.3) is 6.08 Å². The van der Waals surface area contributed by atoms with Crippen molar-refractivity contribution in [2.75, 3.05) is 13.2 Å². The molecule has 0 bridgehead atoms. The molecule has 1 aliphatic heterocycles. The third kappa shape index (κ3) is 6.40. The summed E-state index contributed by atoms with van der Waals surface area (Å²) in [6.07, 6.45) is 3.88. The summed E-state index contributed by atoms with van der Waals surface area (Å²) in [7, 11) is -4.46. The minimum atomic E-state index is -4.46. The van der Waals surface area contributed by atoms with Crippen molar-refractivity contribution in [3.05, 3.63) is 41.5 Å².